The van der Waals surface area contributed by atoms with Crippen LogP contribution in [-0.4, -0.2) is 19.1 Å². The number of amides is 1. The second-order valence-corrected chi connectivity index (χ2v) is 4.24. The van der Waals surface area contributed by atoms with Gasteiger partial charge in [0.25, 0.3) is 5.91 Å². The molecule has 1 amide bonds. The van der Waals surface area contributed by atoms with Gasteiger partial charge in [0.1, 0.15) is 6.61 Å². The van der Waals surface area contributed by atoms with Gasteiger partial charge in [0.2, 0.25) is 0 Å². The van der Waals surface area contributed by atoms with E-state index in [4.69, 9.17) is 4.74 Å². The molecule has 0 radical (unpaired) electrons. The number of hydrogen-bond donors (Lipinski definition) is 1. The number of thiophene rings is 1. The molecule has 2 rings (SSSR count). The van der Waals surface area contributed by atoms with Gasteiger partial charge in [0, 0.05) is 4.88 Å². The maximum absolute atomic E-state index is 11.6. The Morgan fingerprint density at radius 1 is 1.46 bits per heavy atom. The van der Waals surface area contributed by atoms with E-state index in [2.05, 4.69) is 5.32 Å². The largest absolute Gasteiger partial charge is 0.481 e. The molecule has 13 heavy (non-hydrogen) atoms. The summed E-state index contributed by atoms with van der Waals surface area (Å²) in [6.07, 6.45) is 0. The maximum atomic E-state index is 11.6. The van der Waals surface area contributed by atoms with Crippen LogP contribution in [0, 0.1) is 13.8 Å². The fraction of sp³-hybridized carbons (Fsp3) is 0.444. The van der Waals surface area contributed by atoms with Gasteiger partial charge in [-0.3, -0.25) is 4.79 Å². The predicted molar refractivity (Wildman–Crippen MR) is 51.6 cm³/mol. The van der Waals surface area contributed by atoms with Crippen molar-refractivity contribution in [1.82, 2.24) is 5.32 Å². The van der Waals surface area contributed by atoms with Crippen LogP contribution < -0.4 is 10.1 Å². The fourth-order valence-corrected chi connectivity index (χ4v) is 2.38. The average Bonchev–Trinajstić information content (AvgIpc) is 2.29. The van der Waals surface area contributed by atoms with Crippen molar-refractivity contribution >= 4 is 17.2 Å². The summed E-state index contributed by atoms with van der Waals surface area (Å²) in [6, 6.07) is 0. The zero-order chi connectivity index (χ0) is 9.42. The first kappa shape index (κ1) is 8.56. The van der Waals surface area contributed by atoms with Crippen molar-refractivity contribution in [2.24, 2.45) is 0 Å². The van der Waals surface area contributed by atoms with E-state index in [0.29, 0.717) is 13.2 Å². The number of fused-ring (bicyclic) bond motifs is 1. The van der Waals surface area contributed by atoms with Crippen molar-refractivity contribution in [3.05, 3.63) is 16.0 Å². The van der Waals surface area contributed by atoms with Gasteiger partial charge < -0.3 is 10.1 Å². The average molecular weight is 197 g/mol. The van der Waals surface area contributed by atoms with E-state index in [9.17, 15) is 4.79 Å². The Morgan fingerprint density at radius 2 is 2.23 bits per heavy atom. The highest BCUT2D eigenvalue weighted by atomic mass is 32.1. The zero-order valence-corrected chi connectivity index (χ0v) is 8.46. The molecule has 0 unspecified atom stereocenters. The molecule has 2 heterocycles. The molecule has 0 saturated heterocycles. The van der Waals surface area contributed by atoms with Gasteiger partial charge in [-0.15, -0.1) is 11.3 Å². The Hall–Kier alpha value is -1.03. The Labute approximate surface area is 80.7 Å². The number of nitrogens with one attached hydrogen (secondary N) is 1. The standard InChI is InChI=1S/C9H11NO2S/c1-5-6(2)13-9-7(5)8(11)10-3-4-12-9/h3-4H2,1-2H3,(H,10,11). The molecule has 70 valence electrons. The molecule has 0 aromatic carbocycles. The lowest BCUT2D eigenvalue weighted by Gasteiger charge is -1.98. The molecule has 1 aromatic heterocycles. The van der Waals surface area contributed by atoms with Gasteiger partial charge in [-0.2, -0.15) is 0 Å². The van der Waals surface area contributed by atoms with Crippen molar-refractivity contribution in [1.29, 1.82) is 0 Å². The molecule has 0 atom stereocenters. The molecule has 4 heteroatoms. The highest BCUT2D eigenvalue weighted by Crippen LogP contribution is 2.35. The molecule has 0 saturated carbocycles. The molecule has 0 spiro atoms. The second kappa shape index (κ2) is 3.03. The smallest absolute Gasteiger partial charge is 0.256 e. The first-order valence-electron chi connectivity index (χ1n) is 4.21. The number of rotatable bonds is 0. The minimum absolute atomic E-state index is 0.00523. The second-order valence-electron chi connectivity index (χ2n) is 3.05. The number of ether oxygens (including phenoxy) is 1. The van der Waals surface area contributed by atoms with Crippen LogP contribution in [0.4, 0.5) is 0 Å². The summed E-state index contributed by atoms with van der Waals surface area (Å²) in [6.45, 7) is 5.13. The predicted octanol–water partition coefficient (Wildman–Crippen LogP) is 1.49. The molecule has 1 aliphatic rings. The summed E-state index contributed by atoms with van der Waals surface area (Å²) in [5, 5.41) is 3.57. The van der Waals surface area contributed by atoms with E-state index in [1.807, 2.05) is 13.8 Å². The van der Waals surface area contributed by atoms with Crippen LogP contribution in [0.15, 0.2) is 0 Å². The monoisotopic (exact) mass is 197 g/mol. The molecule has 3 nitrogen and oxygen atoms in total. The highest BCUT2D eigenvalue weighted by Gasteiger charge is 2.22. The van der Waals surface area contributed by atoms with E-state index >= 15 is 0 Å². The van der Waals surface area contributed by atoms with Crippen LogP contribution in [-0.2, 0) is 0 Å². The summed E-state index contributed by atoms with van der Waals surface area (Å²) >= 11 is 1.55. The Bertz CT molecular complexity index is 357. The Morgan fingerprint density at radius 3 is 3.00 bits per heavy atom. The van der Waals surface area contributed by atoms with Gasteiger partial charge in [-0.05, 0) is 19.4 Å². The van der Waals surface area contributed by atoms with Gasteiger partial charge in [-0.1, -0.05) is 0 Å². The topological polar surface area (TPSA) is 38.3 Å². The van der Waals surface area contributed by atoms with Crippen LogP contribution in [0.5, 0.6) is 5.06 Å². The van der Waals surface area contributed by atoms with Crippen molar-refractivity contribution in [2.45, 2.75) is 13.8 Å². The molecular weight excluding hydrogens is 186 g/mol. The third kappa shape index (κ3) is 1.31. The zero-order valence-electron chi connectivity index (χ0n) is 7.64. The summed E-state index contributed by atoms with van der Waals surface area (Å²) in [7, 11) is 0. The van der Waals surface area contributed by atoms with Crippen LogP contribution in [0.3, 0.4) is 0 Å². The number of aryl methyl sites for hydroxylation is 1. The van der Waals surface area contributed by atoms with Gasteiger partial charge in [0.05, 0.1) is 12.1 Å². The lowest BCUT2D eigenvalue weighted by atomic mass is 10.1. The number of carbonyl (C=O) groups is 1. The highest BCUT2D eigenvalue weighted by molar-refractivity contribution is 7.14. The molecule has 1 aliphatic heterocycles. The fourth-order valence-electron chi connectivity index (χ4n) is 1.36. The van der Waals surface area contributed by atoms with E-state index < -0.39 is 0 Å². The van der Waals surface area contributed by atoms with Crippen molar-refractivity contribution in [2.75, 3.05) is 13.2 Å². The van der Waals surface area contributed by atoms with Crippen molar-refractivity contribution in [3.63, 3.8) is 0 Å². The molecule has 0 fully saturated rings. The number of hydrogen-bond acceptors (Lipinski definition) is 3. The van der Waals surface area contributed by atoms with Crippen LogP contribution in [0.2, 0.25) is 0 Å². The maximum Gasteiger partial charge on any atom is 0.256 e. The first-order valence-corrected chi connectivity index (χ1v) is 5.03. The van der Waals surface area contributed by atoms with Crippen LogP contribution in [0.25, 0.3) is 0 Å². The lowest BCUT2D eigenvalue weighted by molar-refractivity contribution is 0.0956. The summed E-state index contributed by atoms with van der Waals surface area (Å²) in [5.74, 6) is -0.00523. The third-order valence-corrected chi connectivity index (χ3v) is 3.32. The van der Waals surface area contributed by atoms with Gasteiger partial charge in [-0.25, -0.2) is 0 Å². The molecule has 0 aliphatic carbocycles. The Balaban J connectivity index is 2.54. The molecule has 1 aromatic rings. The third-order valence-electron chi connectivity index (χ3n) is 2.20. The number of carbonyl (C=O) groups excluding carboxylic acids is 1. The SMILES string of the molecule is Cc1sc2c(c1C)C(=O)NCCO2. The van der Waals surface area contributed by atoms with Crippen LogP contribution in [0.1, 0.15) is 20.8 Å². The normalized spacial score (nSPS) is 15.7. The lowest BCUT2D eigenvalue weighted by Crippen LogP contribution is -2.24. The van der Waals surface area contributed by atoms with E-state index in [-0.39, 0.29) is 5.91 Å². The first-order chi connectivity index (χ1) is 6.20. The summed E-state index contributed by atoms with van der Waals surface area (Å²) in [4.78, 5) is 12.7. The summed E-state index contributed by atoms with van der Waals surface area (Å²) in [5.41, 5.74) is 1.76. The van der Waals surface area contributed by atoms with Gasteiger partial charge >= 0.3 is 0 Å². The minimum Gasteiger partial charge on any atom is -0.481 e. The minimum atomic E-state index is -0.00523. The Kier molecular flexibility index (Phi) is 2.00. The summed E-state index contributed by atoms with van der Waals surface area (Å²) < 4.78 is 5.46. The molecular formula is C9H11NO2S. The van der Waals surface area contributed by atoms with E-state index in [1.54, 1.807) is 11.3 Å². The van der Waals surface area contributed by atoms with Gasteiger partial charge in [0.15, 0.2) is 5.06 Å². The van der Waals surface area contributed by atoms with Crippen molar-refractivity contribution in [3.8, 4) is 5.06 Å². The van der Waals surface area contributed by atoms with E-state index in [1.165, 1.54) is 0 Å². The van der Waals surface area contributed by atoms with E-state index in [0.717, 1.165) is 21.1 Å². The molecule has 1 N–H and O–H groups in total. The quantitative estimate of drug-likeness (QED) is 0.684. The van der Waals surface area contributed by atoms with Crippen molar-refractivity contribution < 1.29 is 9.53 Å². The molecule has 0 bridgehead atoms. The van der Waals surface area contributed by atoms with Crippen LogP contribution >= 0.6 is 11.3 Å².